The molecule has 0 saturated heterocycles. The molecule has 0 unspecified atom stereocenters. The van der Waals surface area contributed by atoms with Gasteiger partial charge in [-0.25, -0.2) is 0 Å². The minimum Gasteiger partial charge on any atom is -0.258 e. The van der Waals surface area contributed by atoms with Crippen LogP contribution in [0.3, 0.4) is 0 Å². The zero-order chi connectivity index (χ0) is 14.0. The van der Waals surface area contributed by atoms with Crippen LogP contribution in [-0.4, -0.2) is 14.7 Å². The Morgan fingerprint density at radius 3 is 2.37 bits per heavy atom. The largest absolute Gasteiger partial charge is 0.269 e. The lowest BCUT2D eigenvalue weighted by atomic mass is 10.2. The van der Waals surface area contributed by atoms with Gasteiger partial charge in [0.2, 0.25) is 0 Å². The van der Waals surface area contributed by atoms with E-state index in [1.54, 1.807) is 31.3 Å². The van der Waals surface area contributed by atoms with Crippen LogP contribution in [-0.2, 0) is 7.05 Å². The van der Waals surface area contributed by atoms with E-state index in [2.05, 4.69) is 5.10 Å². The summed E-state index contributed by atoms with van der Waals surface area (Å²) in [4.78, 5) is 10.1. The lowest BCUT2D eigenvalue weighted by Crippen LogP contribution is -1.89. The summed E-state index contributed by atoms with van der Waals surface area (Å²) in [6.07, 6.45) is 3.46. The molecule has 1 aromatic carbocycles. The molecule has 0 aliphatic heterocycles. The number of hydrogen-bond donors (Lipinski definition) is 0. The minimum absolute atomic E-state index is 0.0519. The predicted octanol–water partition coefficient (Wildman–Crippen LogP) is 3.81. The molecule has 0 radical (unpaired) electrons. The van der Waals surface area contributed by atoms with E-state index in [1.807, 2.05) is 0 Å². The van der Waals surface area contributed by atoms with Gasteiger partial charge in [-0.3, -0.25) is 14.8 Å². The van der Waals surface area contributed by atoms with E-state index in [-0.39, 0.29) is 5.69 Å². The average molecular weight is 298 g/mol. The van der Waals surface area contributed by atoms with Crippen molar-refractivity contribution in [3.63, 3.8) is 0 Å². The molecule has 2 aromatic rings. The highest BCUT2D eigenvalue weighted by atomic mass is 35.5. The first-order valence-corrected chi connectivity index (χ1v) is 6.05. The fourth-order valence-corrected chi connectivity index (χ4v) is 1.84. The Bertz CT molecular complexity index is 648. The Morgan fingerprint density at radius 1 is 1.26 bits per heavy atom. The van der Waals surface area contributed by atoms with Crippen molar-refractivity contribution in [2.75, 3.05) is 0 Å². The van der Waals surface area contributed by atoms with Gasteiger partial charge in [-0.2, -0.15) is 5.10 Å². The van der Waals surface area contributed by atoms with Gasteiger partial charge in [0.25, 0.3) is 5.69 Å². The van der Waals surface area contributed by atoms with E-state index in [0.717, 1.165) is 5.56 Å². The first-order chi connectivity index (χ1) is 8.99. The molecule has 0 spiro atoms. The lowest BCUT2D eigenvalue weighted by molar-refractivity contribution is -0.384. The summed E-state index contributed by atoms with van der Waals surface area (Å²) in [6, 6.07) is 6.17. The van der Waals surface area contributed by atoms with E-state index in [1.165, 1.54) is 16.8 Å². The van der Waals surface area contributed by atoms with Crippen molar-refractivity contribution in [1.82, 2.24) is 9.78 Å². The average Bonchev–Trinajstić information content (AvgIpc) is 2.64. The lowest BCUT2D eigenvalue weighted by Gasteiger charge is -1.93. The van der Waals surface area contributed by atoms with Gasteiger partial charge in [0.15, 0.2) is 0 Å². The first kappa shape index (κ1) is 13.6. The molecular formula is C12H9Cl2N3O2. The molecule has 0 fully saturated rings. The maximum absolute atomic E-state index is 10.5. The monoisotopic (exact) mass is 297 g/mol. The highest BCUT2D eigenvalue weighted by molar-refractivity contribution is 6.42. The van der Waals surface area contributed by atoms with Gasteiger partial charge in [-0.15, -0.1) is 0 Å². The van der Waals surface area contributed by atoms with E-state index in [9.17, 15) is 10.1 Å². The maximum atomic E-state index is 10.5. The van der Waals surface area contributed by atoms with Gasteiger partial charge < -0.3 is 0 Å². The van der Waals surface area contributed by atoms with E-state index < -0.39 is 4.92 Å². The number of halogens is 2. The van der Waals surface area contributed by atoms with Crippen molar-refractivity contribution < 1.29 is 4.92 Å². The Morgan fingerprint density at radius 2 is 1.89 bits per heavy atom. The molecule has 0 N–H and O–H groups in total. The van der Waals surface area contributed by atoms with Crippen LogP contribution in [0, 0.1) is 10.1 Å². The van der Waals surface area contributed by atoms with Crippen LogP contribution in [0.5, 0.6) is 0 Å². The number of hydrogen-bond acceptors (Lipinski definition) is 3. The summed E-state index contributed by atoms with van der Waals surface area (Å²) in [5.74, 6) is 0. The second kappa shape index (κ2) is 5.42. The smallest absolute Gasteiger partial charge is 0.258 e. The van der Waals surface area contributed by atoms with E-state index in [0.29, 0.717) is 15.9 Å². The summed E-state index contributed by atoms with van der Waals surface area (Å²) in [7, 11) is 1.69. The second-order valence-corrected chi connectivity index (χ2v) is 4.53. The summed E-state index contributed by atoms with van der Waals surface area (Å²) >= 11 is 11.9. The van der Waals surface area contributed by atoms with E-state index >= 15 is 0 Å². The van der Waals surface area contributed by atoms with Gasteiger partial charge in [0.05, 0.1) is 4.92 Å². The first-order valence-electron chi connectivity index (χ1n) is 5.29. The molecule has 98 valence electrons. The second-order valence-electron chi connectivity index (χ2n) is 3.80. The van der Waals surface area contributed by atoms with Crippen molar-refractivity contribution in [2.45, 2.75) is 0 Å². The van der Waals surface area contributed by atoms with Crippen molar-refractivity contribution >= 4 is 41.0 Å². The van der Waals surface area contributed by atoms with Gasteiger partial charge in [0.1, 0.15) is 15.9 Å². The number of non-ortho nitro benzene ring substituents is 1. The van der Waals surface area contributed by atoms with Gasteiger partial charge in [0, 0.05) is 19.2 Å². The Balaban J connectivity index is 2.22. The molecule has 0 saturated carbocycles. The van der Waals surface area contributed by atoms with Crippen LogP contribution in [0.25, 0.3) is 12.2 Å². The highest BCUT2D eigenvalue weighted by Crippen LogP contribution is 2.26. The number of nitro groups is 1. The summed E-state index contributed by atoms with van der Waals surface area (Å²) in [5, 5.41) is 15.4. The number of aromatic nitrogens is 2. The predicted molar refractivity (Wildman–Crippen MR) is 75.3 cm³/mol. The molecule has 0 aliphatic carbocycles. The normalized spacial score (nSPS) is 11.1. The fourth-order valence-electron chi connectivity index (χ4n) is 1.49. The number of rotatable bonds is 3. The van der Waals surface area contributed by atoms with Crippen LogP contribution in [0.2, 0.25) is 10.2 Å². The van der Waals surface area contributed by atoms with Crippen LogP contribution in [0.4, 0.5) is 5.69 Å². The molecule has 0 bridgehead atoms. The molecule has 0 amide bonds. The van der Waals surface area contributed by atoms with Gasteiger partial charge >= 0.3 is 0 Å². The van der Waals surface area contributed by atoms with Crippen LogP contribution in [0.15, 0.2) is 24.3 Å². The van der Waals surface area contributed by atoms with Crippen molar-refractivity contribution in [1.29, 1.82) is 0 Å². The van der Waals surface area contributed by atoms with Crippen molar-refractivity contribution in [3.05, 3.63) is 55.8 Å². The number of nitrogens with zero attached hydrogens (tertiary/aromatic N) is 3. The van der Waals surface area contributed by atoms with Crippen molar-refractivity contribution in [2.24, 2.45) is 7.05 Å². The number of nitro benzene ring substituents is 1. The molecule has 7 heteroatoms. The molecule has 5 nitrogen and oxygen atoms in total. The minimum atomic E-state index is -0.442. The van der Waals surface area contributed by atoms with Crippen LogP contribution >= 0.6 is 23.2 Å². The Labute approximate surface area is 119 Å². The van der Waals surface area contributed by atoms with Crippen molar-refractivity contribution in [3.8, 4) is 0 Å². The summed E-state index contributed by atoms with van der Waals surface area (Å²) in [5.41, 5.74) is 1.41. The molecule has 19 heavy (non-hydrogen) atoms. The molecule has 1 heterocycles. The zero-order valence-corrected chi connectivity index (χ0v) is 11.4. The fraction of sp³-hybridized carbons (Fsp3) is 0.0833. The van der Waals surface area contributed by atoms with Gasteiger partial charge in [-0.1, -0.05) is 29.3 Å². The number of aryl methyl sites for hydroxylation is 1. The maximum Gasteiger partial charge on any atom is 0.269 e. The van der Waals surface area contributed by atoms with E-state index in [4.69, 9.17) is 23.2 Å². The molecule has 2 rings (SSSR count). The topological polar surface area (TPSA) is 61.0 Å². The molecule has 0 atom stereocenters. The molecule has 0 aliphatic rings. The standard InChI is InChI=1S/C12H9Cl2N3O2/c1-16-12(14)11(13)10(15-16)7-4-8-2-5-9(6-3-8)17(18)19/h2-7H,1H3. The highest BCUT2D eigenvalue weighted by Gasteiger charge is 2.09. The quantitative estimate of drug-likeness (QED) is 0.639. The Kier molecular flexibility index (Phi) is 3.87. The zero-order valence-electron chi connectivity index (χ0n) is 9.88. The molecular weight excluding hydrogens is 289 g/mol. The third-order valence-corrected chi connectivity index (χ3v) is 3.39. The van der Waals surface area contributed by atoms with Gasteiger partial charge in [-0.05, 0) is 23.8 Å². The SMILES string of the molecule is Cn1nc(C=Cc2ccc([N+](=O)[O-])cc2)c(Cl)c1Cl. The summed E-state index contributed by atoms with van der Waals surface area (Å²) in [6.45, 7) is 0. The molecule has 1 aromatic heterocycles. The third-order valence-electron chi connectivity index (χ3n) is 2.49. The third kappa shape index (κ3) is 2.94. The Hall–Kier alpha value is -1.85. The number of benzene rings is 1. The summed E-state index contributed by atoms with van der Waals surface area (Å²) < 4.78 is 1.47. The van der Waals surface area contributed by atoms with Crippen LogP contribution < -0.4 is 0 Å². The van der Waals surface area contributed by atoms with Crippen LogP contribution in [0.1, 0.15) is 11.3 Å².